The minimum absolute atomic E-state index is 0.352. The van der Waals surface area contributed by atoms with Crippen LogP contribution < -0.4 is 14.2 Å². The van der Waals surface area contributed by atoms with Gasteiger partial charge in [-0.2, -0.15) is 0 Å². The number of carbonyl (C=O) groups is 6. The van der Waals surface area contributed by atoms with E-state index in [1.54, 1.807) is 0 Å². The topological polar surface area (TPSA) is 503 Å². The summed E-state index contributed by atoms with van der Waals surface area (Å²) in [6.45, 7) is -1.10. The Morgan fingerprint density at radius 3 is 0.946 bits per heavy atom. The molecule has 0 radical (unpaired) electrons. The van der Waals surface area contributed by atoms with E-state index in [9.17, 15) is 121 Å². The van der Waals surface area contributed by atoms with Gasteiger partial charge in [-0.1, -0.05) is 0 Å². The van der Waals surface area contributed by atoms with Crippen LogP contribution in [0.25, 0.3) is 0 Å². The molecule has 3 atom stereocenters. The van der Waals surface area contributed by atoms with E-state index in [0.29, 0.717) is 54.6 Å². The largest absolute Gasteiger partial charge is 0.504 e. The van der Waals surface area contributed by atoms with E-state index in [0.717, 1.165) is 0 Å². The molecule has 1 saturated heterocycles. The van der Waals surface area contributed by atoms with E-state index in [1.807, 2.05) is 0 Å². The maximum absolute atomic E-state index is 13.2. The molecular weight excluding hydrogens is 1000 g/mol. The number of phenolic OH excluding ortho intramolecular Hbond substituents is 15. The predicted molar refractivity (Wildman–Crippen MR) is 234 cm³/mol. The number of ether oxygens (including phenoxy) is 4. The quantitative estimate of drug-likeness (QED) is 0.0472. The van der Waals surface area contributed by atoms with Crippen molar-refractivity contribution in [1.82, 2.24) is 0 Å². The number of benzene rings is 6. The van der Waals surface area contributed by atoms with Gasteiger partial charge in [-0.05, 0) is 54.6 Å². The highest BCUT2D eigenvalue weighted by molar-refractivity contribution is 5.99. The van der Waals surface area contributed by atoms with Crippen molar-refractivity contribution in [1.29, 1.82) is 0 Å². The lowest BCUT2D eigenvalue weighted by molar-refractivity contribution is 0.0658. The van der Waals surface area contributed by atoms with Crippen molar-refractivity contribution in [2.24, 2.45) is 0 Å². The molecule has 0 aliphatic carbocycles. The van der Waals surface area contributed by atoms with Crippen LogP contribution in [0.3, 0.4) is 0 Å². The number of aromatic hydroxyl groups is 15. The molecule has 0 amide bonds. The molecule has 1 fully saturated rings. The summed E-state index contributed by atoms with van der Waals surface area (Å²) < 4.78 is 21.0. The van der Waals surface area contributed by atoms with E-state index >= 15 is 0 Å². The van der Waals surface area contributed by atoms with Gasteiger partial charge >= 0.3 is 35.8 Å². The molecule has 28 heteroatoms. The summed E-state index contributed by atoms with van der Waals surface area (Å²) in [5, 5.41) is 189. The van der Waals surface area contributed by atoms with Crippen LogP contribution in [-0.4, -0.2) is 134 Å². The zero-order valence-electron chi connectivity index (χ0n) is 36.3. The second-order valence-electron chi connectivity index (χ2n) is 15.7. The van der Waals surface area contributed by atoms with Crippen LogP contribution >= 0.6 is 0 Å². The molecule has 3 unspecified atom stereocenters. The summed E-state index contributed by atoms with van der Waals surface area (Å²) in [5.74, 6) is -37.9. The van der Waals surface area contributed by atoms with Crippen LogP contribution in [0.15, 0.2) is 54.6 Å². The molecule has 74 heavy (non-hydrogen) atoms. The standard InChI is InChI=1S/C46H32O28/c47-18-1-11(2-19(48)31(18)53)44(68)72-24-7-14(41(62)63)27(37(59)34(24)56)17-10-71-40(30-16(43(66)67)9-26(36(58)39(30)61)74-46(70)13-5-22(51)33(55)23(52)6-13)29(17)28-15(42(64)65)8-25(35(57)38(28)60)73-45(69)12-3-20(49)32(54)21(50)4-12/h1-9,17,29,40,47-61H,10H2,(H,62,63)(H,64,65)(H,66,67). The van der Waals surface area contributed by atoms with Gasteiger partial charge in [-0.25, -0.2) is 28.8 Å². The molecule has 18 N–H and O–H groups in total. The van der Waals surface area contributed by atoms with Crippen molar-refractivity contribution >= 4 is 35.8 Å². The molecule has 28 nitrogen and oxygen atoms in total. The highest BCUT2D eigenvalue weighted by atomic mass is 16.6. The van der Waals surface area contributed by atoms with Gasteiger partial charge in [0.25, 0.3) is 0 Å². The molecule has 384 valence electrons. The van der Waals surface area contributed by atoms with E-state index in [1.165, 1.54) is 0 Å². The van der Waals surface area contributed by atoms with Gasteiger partial charge in [0.05, 0.1) is 46.1 Å². The second-order valence-corrected chi connectivity index (χ2v) is 15.7. The molecule has 1 aliphatic heterocycles. The Hall–Kier alpha value is -10.9. The van der Waals surface area contributed by atoms with Crippen LogP contribution in [0.2, 0.25) is 0 Å². The third-order valence-electron chi connectivity index (χ3n) is 11.3. The normalized spacial score (nSPS) is 15.0. The molecule has 6 aromatic carbocycles. The summed E-state index contributed by atoms with van der Waals surface area (Å²) in [6, 6.07) is 4.51. The number of carboxylic acid groups (broad SMARTS) is 3. The monoisotopic (exact) mass is 1030 g/mol. The molecule has 0 saturated carbocycles. The summed E-state index contributed by atoms with van der Waals surface area (Å²) in [5.41, 5.74) is -9.12. The lowest BCUT2D eigenvalue weighted by Gasteiger charge is -2.29. The van der Waals surface area contributed by atoms with Crippen LogP contribution in [0.1, 0.15) is 96.8 Å². The Labute approximate surface area is 407 Å². The number of rotatable bonds is 12. The van der Waals surface area contributed by atoms with Gasteiger partial charge in [-0.3, -0.25) is 0 Å². The Bertz CT molecular complexity index is 3230. The highest BCUT2D eigenvalue weighted by Gasteiger charge is 2.50. The zero-order chi connectivity index (χ0) is 54.7. The van der Waals surface area contributed by atoms with Gasteiger partial charge < -0.3 is 111 Å². The fraction of sp³-hybridized carbons (Fsp3) is 0.0870. The lowest BCUT2D eigenvalue weighted by Crippen LogP contribution is -2.21. The molecule has 0 bridgehead atoms. The Morgan fingerprint density at radius 1 is 0.365 bits per heavy atom. The smallest absolute Gasteiger partial charge is 0.343 e. The van der Waals surface area contributed by atoms with Crippen molar-refractivity contribution in [3.63, 3.8) is 0 Å². The average Bonchev–Trinajstić information content (AvgIpc) is 3.75. The SMILES string of the molecule is O=C(Oc1cc(C(=O)O)c(C2COC(c3c(C(=O)O)cc(OC(=O)c4cc(O)c(O)c(O)c4)c(O)c3O)C2c2c(C(=O)O)cc(OC(=O)c3cc(O)c(O)c(O)c3)c(O)c2O)c(O)c1O)c1cc(O)c(O)c(O)c1. The van der Waals surface area contributed by atoms with Gasteiger partial charge in [-0.15, -0.1) is 0 Å². The van der Waals surface area contributed by atoms with Gasteiger partial charge in [0.2, 0.25) is 17.2 Å². The van der Waals surface area contributed by atoms with E-state index in [4.69, 9.17) is 18.9 Å². The highest BCUT2D eigenvalue weighted by Crippen LogP contribution is 2.61. The Morgan fingerprint density at radius 2 is 0.635 bits per heavy atom. The number of hydrogen-bond donors (Lipinski definition) is 18. The van der Waals surface area contributed by atoms with Crippen molar-refractivity contribution in [2.45, 2.75) is 17.9 Å². The molecular formula is C46H32O28. The van der Waals surface area contributed by atoms with Gasteiger partial charge in [0, 0.05) is 28.5 Å². The third-order valence-corrected chi connectivity index (χ3v) is 11.3. The number of phenols is 15. The van der Waals surface area contributed by atoms with Crippen LogP contribution in [0.5, 0.6) is 103 Å². The predicted octanol–water partition coefficient (Wildman–Crippen LogP) is 3.66. The lowest BCUT2D eigenvalue weighted by atomic mass is 9.74. The number of aromatic carboxylic acids is 3. The number of esters is 3. The van der Waals surface area contributed by atoms with Crippen molar-refractivity contribution < 1.29 is 140 Å². The van der Waals surface area contributed by atoms with Crippen LogP contribution in [0, 0.1) is 0 Å². The maximum Gasteiger partial charge on any atom is 0.343 e. The molecule has 1 aliphatic rings. The summed E-state index contributed by atoms with van der Waals surface area (Å²) in [6.07, 6.45) is -2.37. The second kappa shape index (κ2) is 18.8. The first kappa shape index (κ1) is 51.0. The Balaban J connectivity index is 1.44. The first-order chi connectivity index (χ1) is 34.6. The van der Waals surface area contributed by atoms with Gasteiger partial charge in [0.1, 0.15) is 0 Å². The number of carboxylic acids is 3. The fourth-order valence-corrected chi connectivity index (χ4v) is 7.86. The fourth-order valence-electron chi connectivity index (χ4n) is 7.86. The summed E-state index contributed by atoms with van der Waals surface area (Å²) >= 11 is 0. The van der Waals surface area contributed by atoms with Crippen LogP contribution in [-0.2, 0) is 4.74 Å². The molecule has 7 rings (SSSR count). The molecule has 0 spiro atoms. The first-order valence-corrected chi connectivity index (χ1v) is 20.1. The van der Waals surface area contributed by atoms with Crippen molar-refractivity contribution in [3.05, 3.63) is 105 Å². The van der Waals surface area contributed by atoms with Gasteiger partial charge in [0.15, 0.2) is 86.2 Å². The molecule has 6 aromatic rings. The van der Waals surface area contributed by atoms with E-state index in [-0.39, 0.29) is 0 Å². The van der Waals surface area contributed by atoms with E-state index in [2.05, 4.69) is 0 Å². The number of hydrogen-bond acceptors (Lipinski definition) is 25. The molecule has 0 aromatic heterocycles. The average molecular weight is 1030 g/mol. The van der Waals surface area contributed by atoms with Crippen molar-refractivity contribution in [2.75, 3.05) is 6.61 Å². The minimum Gasteiger partial charge on any atom is -0.504 e. The zero-order valence-corrected chi connectivity index (χ0v) is 36.3. The maximum atomic E-state index is 13.2. The third kappa shape index (κ3) is 8.83. The van der Waals surface area contributed by atoms with E-state index < -0.39 is 214 Å². The van der Waals surface area contributed by atoms with Crippen LogP contribution in [0.4, 0.5) is 0 Å². The Kier molecular flexibility index (Phi) is 12.9. The first-order valence-electron chi connectivity index (χ1n) is 20.1. The summed E-state index contributed by atoms with van der Waals surface area (Å²) in [7, 11) is 0. The molecule has 1 heterocycles. The van der Waals surface area contributed by atoms with Crippen molar-refractivity contribution in [3.8, 4) is 103 Å². The minimum atomic E-state index is -2.37. The number of carbonyl (C=O) groups excluding carboxylic acids is 3. The summed E-state index contributed by atoms with van der Waals surface area (Å²) in [4.78, 5) is 78.5.